The number of furan rings is 1. The van der Waals surface area contributed by atoms with Crippen LogP contribution in [0.1, 0.15) is 22.6 Å². The number of aryl methyl sites for hydroxylation is 2. The molecule has 4 nitrogen and oxygen atoms in total. The average molecular weight is 267 g/mol. The molecule has 1 aromatic heterocycles. The standard InChI is InChI=1S/C16H13NO3/c1-10-4-3-5-12(8-10)15-17-14(16(18)20-15)9-13-7-6-11(2)19-13/h3-9H,1-2H3/b14-9+. The molecule has 1 aliphatic rings. The maximum absolute atomic E-state index is 11.8. The molecule has 4 heteroatoms. The van der Waals surface area contributed by atoms with E-state index in [-0.39, 0.29) is 5.70 Å². The monoisotopic (exact) mass is 267 g/mol. The largest absolute Gasteiger partial charge is 0.462 e. The number of cyclic esters (lactones) is 1. The lowest BCUT2D eigenvalue weighted by molar-refractivity contribution is -0.129. The van der Waals surface area contributed by atoms with E-state index < -0.39 is 5.97 Å². The first-order chi connectivity index (χ1) is 9.61. The van der Waals surface area contributed by atoms with Gasteiger partial charge in [0.1, 0.15) is 11.5 Å². The normalized spacial score (nSPS) is 16.4. The summed E-state index contributed by atoms with van der Waals surface area (Å²) in [6.07, 6.45) is 1.58. The Morgan fingerprint density at radius 2 is 2.00 bits per heavy atom. The molecule has 20 heavy (non-hydrogen) atoms. The number of carbonyl (C=O) groups excluding carboxylic acids is 1. The van der Waals surface area contributed by atoms with Crippen LogP contribution in [0.25, 0.3) is 6.08 Å². The minimum atomic E-state index is -0.462. The number of nitrogens with zero attached hydrogens (tertiary/aromatic N) is 1. The Kier molecular flexibility index (Phi) is 2.99. The number of hydrogen-bond acceptors (Lipinski definition) is 4. The first-order valence-electron chi connectivity index (χ1n) is 6.28. The summed E-state index contributed by atoms with van der Waals surface area (Å²) in [5.41, 5.74) is 2.12. The van der Waals surface area contributed by atoms with Crippen molar-refractivity contribution in [1.82, 2.24) is 0 Å². The third kappa shape index (κ3) is 2.40. The van der Waals surface area contributed by atoms with Crippen LogP contribution >= 0.6 is 0 Å². The summed E-state index contributed by atoms with van der Waals surface area (Å²) < 4.78 is 10.6. The number of carbonyl (C=O) groups is 1. The lowest BCUT2D eigenvalue weighted by atomic mass is 10.1. The summed E-state index contributed by atoms with van der Waals surface area (Å²) in [5.74, 6) is 1.23. The highest BCUT2D eigenvalue weighted by Gasteiger charge is 2.24. The fraction of sp³-hybridized carbons (Fsp3) is 0.125. The van der Waals surface area contributed by atoms with Gasteiger partial charge in [0.2, 0.25) is 5.90 Å². The Morgan fingerprint density at radius 1 is 1.15 bits per heavy atom. The molecule has 0 spiro atoms. The molecule has 0 radical (unpaired) electrons. The zero-order valence-corrected chi connectivity index (χ0v) is 11.2. The van der Waals surface area contributed by atoms with Crippen molar-refractivity contribution in [3.05, 3.63) is 64.7 Å². The molecule has 0 atom stereocenters. The summed E-state index contributed by atoms with van der Waals surface area (Å²) in [7, 11) is 0. The molecule has 0 unspecified atom stereocenters. The maximum atomic E-state index is 11.8. The van der Waals surface area contributed by atoms with Gasteiger partial charge in [-0.2, -0.15) is 0 Å². The van der Waals surface area contributed by atoms with Gasteiger partial charge in [0.25, 0.3) is 0 Å². The van der Waals surface area contributed by atoms with Crippen molar-refractivity contribution < 1.29 is 13.9 Å². The van der Waals surface area contributed by atoms with Crippen molar-refractivity contribution in [3.8, 4) is 0 Å². The lowest BCUT2D eigenvalue weighted by Crippen LogP contribution is -2.05. The molecule has 0 N–H and O–H groups in total. The van der Waals surface area contributed by atoms with E-state index >= 15 is 0 Å². The van der Waals surface area contributed by atoms with Crippen molar-refractivity contribution >= 4 is 17.9 Å². The second-order valence-corrected chi connectivity index (χ2v) is 4.65. The van der Waals surface area contributed by atoms with Gasteiger partial charge in [-0.1, -0.05) is 17.7 Å². The topological polar surface area (TPSA) is 51.8 Å². The Hall–Kier alpha value is -2.62. The maximum Gasteiger partial charge on any atom is 0.363 e. The third-order valence-electron chi connectivity index (χ3n) is 2.93. The van der Waals surface area contributed by atoms with Crippen molar-refractivity contribution in [1.29, 1.82) is 0 Å². The van der Waals surface area contributed by atoms with E-state index in [0.29, 0.717) is 11.7 Å². The van der Waals surface area contributed by atoms with Crippen molar-refractivity contribution in [2.24, 2.45) is 4.99 Å². The van der Waals surface area contributed by atoms with E-state index in [1.807, 2.05) is 44.2 Å². The van der Waals surface area contributed by atoms with E-state index in [1.54, 1.807) is 12.1 Å². The van der Waals surface area contributed by atoms with Crippen LogP contribution in [0.3, 0.4) is 0 Å². The quantitative estimate of drug-likeness (QED) is 0.620. The van der Waals surface area contributed by atoms with Gasteiger partial charge in [-0.25, -0.2) is 9.79 Å². The SMILES string of the molecule is Cc1cccc(C2=N/C(=C/c3ccc(C)o3)C(=O)O2)c1. The summed E-state index contributed by atoms with van der Waals surface area (Å²) in [4.78, 5) is 16.0. The molecular formula is C16H13NO3. The fourth-order valence-electron chi connectivity index (χ4n) is 1.98. The van der Waals surface area contributed by atoms with Gasteiger partial charge in [-0.3, -0.25) is 0 Å². The Balaban J connectivity index is 1.94. The van der Waals surface area contributed by atoms with Crippen LogP contribution in [0.5, 0.6) is 0 Å². The summed E-state index contributed by atoms with van der Waals surface area (Å²) >= 11 is 0. The van der Waals surface area contributed by atoms with Crippen LogP contribution < -0.4 is 0 Å². The smallest absolute Gasteiger partial charge is 0.363 e. The van der Waals surface area contributed by atoms with E-state index in [2.05, 4.69) is 4.99 Å². The van der Waals surface area contributed by atoms with Gasteiger partial charge in [0.05, 0.1) is 0 Å². The van der Waals surface area contributed by atoms with Crippen LogP contribution in [0.15, 0.2) is 51.5 Å². The minimum absolute atomic E-state index is 0.246. The first-order valence-corrected chi connectivity index (χ1v) is 6.28. The number of hydrogen-bond donors (Lipinski definition) is 0. The number of aliphatic imine (C=N–C) groups is 1. The molecule has 1 aliphatic heterocycles. The second kappa shape index (κ2) is 4.81. The lowest BCUT2D eigenvalue weighted by Gasteiger charge is -1.99. The molecular weight excluding hydrogens is 254 g/mol. The van der Waals surface area contributed by atoms with E-state index in [1.165, 1.54) is 0 Å². The highest BCUT2D eigenvalue weighted by atomic mass is 16.6. The van der Waals surface area contributed by atoms with Crippen LogP contribution in [-0.4, -0.2) is 11.9 Å². The van der Waals surface area contributed by atoms with Gasteiger partial charge in [0.15, 0.2) is 5.70 Å². The molecule has 100 valence electrons. The number of rotatable bonds is 2. The molecule has 0 saturated carbocycles. The van der Waals surface area contributed by atoms with Crippen LogP contribution in [0, 0.1) is 13.8 Å². The highest BCUT2D eigenvalue weighted by Crippen LogP contribution is 2.20. The summed E-state index contributed by atoms with van der Waals surface area (Å²) in [6, 6.07) is 11.3. The highest BCUT2D eigenvalue weighted by molar-refractivity contribution is 6.12. The zero-order chi connectivity index (χ0) is 14.1. The predicted octanol–water partition coefficient (Wildman–Crippen LogP) is 3.24. The zero-order valence-electron chi connectivity index (χ0n) is 11.2. The van der Waals surface area contributed by atoms with E-state index in [0.717, 1.165) is 16.9 Å². The Morgan fingerprint density at radius 3 is 2.70 bits per heavy atom. The van der Waals surface area contributed by atoms with Crippen LogP contribution in [0.4, 0.5) is 0 Å². The molecule has 1 aromatic carbocycles. The number of ether oxygens (including phenoxy) is 1. The average Bonchev–Trinajstić information content (AvgIpc) is 2.97. The van der Waals surface area contributed by atoms with E-state index in [4.69, 9.17) is 9.15 Å². The summed E-state index contributed by atoms with van der Waals surface area (Å²) in [6.45, 7) is 3.82. The molecule has 0 fully saturated rings. The Labute approximate surface area is 116 Å². The minimum Gasteiger partial charge on any atom is -0.462 e. The summed E-state index contributed by atoms with van der Waals surface area (Å²) in [5, 5.41) is 0. The van der Waals surface area contributed by atoms with Gasteiger partial charge in [0, 0.05) is 11.6 Å². The second-order valence-electron chi connectivity index (χ2n) is 4.65. The van der Waals surface area contributed by atoms with E-state index in [9.17, 15) is 4.79 Å². The predicted molar refractivity (Wildman–Crippen MR) is 75.2 cm³/mol. The molecule has 0 amide bonds. The molecule has 0 bridgehead atoms. The molecule has 0 saturated heterocycles. The van der Waals surface area contributed by atoms with Crippen LogP contribution in [-0.2, 0) is 9.53 Å². The van der Waals surface area contributed by atoms with Crippen molar-refractivity contribution in [2.75, 3.05) is 0 Å². The molecule has 2 aromatic rings. The molecule has 3 rings (SSSR count). The molecule has 0 aliphatic carbocycles. The van der Waals surface area contributed by atoms with Gasteiger partial charge < -0.3 is 9.15 Å². The third-order valence-corrected chi connectivity index (χ3v) is 2.93. The Bertz CT molecular complexity index is 738. The van der Waals surface area contributed by atoms with Gasteiger partial charge >= 0.3 is 5.97 Å². The van der Waals surface area contributed by atoms with Crippen LogP contribution in [0.2, 0.25) is 0 Å². The van der Waals surface area contributed by atoms with Gasteiger partial charge in [-0.05, 0) is 38.1 Å². The van der Waals surface area contributed by atoms with Crippen molar-refractivity contribution in [2.45, 2.75) is 13.8 Å². The molecule has 2 heterocycles. The number of benzene rings is 1. The first kappa shape index (κ1) is 12.4. The van der Waals surface area contributed by atoms with Gasteiger partial charge in [-0.15, -0.1) is 0 Å². The fourth-order valence-corrected chi connectivity index (χ4v) is 1.98. The van der Waals surface area contributed by atoms with Crippen molar-refractivity contribution in [3.63, 3.8) is 0 Å². The number of esters is 1.